The maximum absolute atomic E-state index is 12.8. The first-order chi connectivity index (χ1) is 17.1. The summed E-state index contributed by atoms with van der Waals surface area (Å²) in [6, 6.07) is 16.0. The molecular weight excluding hydrogens is 472 g/mol. The van der Waals surface area contributed by atoms with Crippen molar-refractivity contribution >= 4 is 23.1 Å². The van der Waals surface area contributed by atoms with Gasteiger partial charge in [0.2, 0.25) is 0 Å². The first-order valence-electron chi connectivity index (χ1n) is 10.9. The third-order valence-corrected chi connectivity index (χ3v) is 5.46. The quantitative estimate of drug-likeness (QED) is 0.413. The molecule has 1 aromatic heterocycles. The predicted octanol–water partition coefficient (Wildman–Crippen LogP) is 4.77. The van der Waals surface area contributed by atoms with Crippen molar-refractivity contribution in [1.29, 1.82) is 0 Å². The lowest BCUT2D eigenvalue weighted by Gasteiger charge is -2.24. The Bertz CT molecular complexity index is 1180. The Balaban J connectivity index is 1.62. The summed E-state index contributed by atoms with van der Waals surface area (Å²) in [5.74, 6) is 1.76. The average molecular weight is 497 g/mol. The number of rotatable bonds is 8. The molecule has 0 amide bonds. The average Bonchev–Trinajstić information content (AvgIpc) is 2.89. The highest BCUT2D eigenvalue weighted by molar-refractivity contribution is 6.30. The minimum absolute atomic E-state index is 0.510. The van der Waals surface area contributed by atoms with E-state index in [9.17, 15) is 4.79 Å². The Morgan fingerprint density at radius 2 is 1.69 bits per heavy atom. The number of hydroxylamine groups is 2. The van der Waals surface area contributed by atoms with Crippen molar-refractivity contribution in [2.24, 2.45) is 0 Å². The lowest BCUT2D eigenvalue weighted by molar-refractivity contribution is -0.199. The number of carbonyl (C=O) groups is 1. The Morgan fingerprint density at radius 1 is 0.971 bits per heavy atom. The molecule has 4 rings (SSSR count). The van der Waals surface area contributed by atoms with E-state index in [1.165, 1.54) is 6.08 Å². The van der Waals surface area contributed by atoms with Gasteiger partial charge < -0.3 is 23.8 Å². The van der Waals surface area contributed by atoms with Crippen LogP contribution < -0.4 is 14.2 Å². The van der Waals surface area contributed by atoms with Crippen molar-refractivity contribution in [3.05, 3.63) is 83.2 Å². The van der Waals surface area contributed by atoms with Gasteiger partial charge in [-0.2, -0.15) is 0 Å². The minimum atomic E-state index is -0.514. The van der Waals surface area contributed by atoms with Crippen molar-refractivity contribution < 1.29 is 28.6 Å². The normalized spacial score (nSPS) is 14.3. The van der Waals surface area contributed by atoms with Gasteiger partial charge in [0, 0.05) is 16.7 Å². The summed E-state index contributed by atoms with van der Waals surface area (Å²) in [4.78, 5) is 22.8. The Kier molecular flexibility index (Phi) is 8.20. The van der Waals surface area contributed by atoms with Gasteiger partial charge in [0.25, 0.3) is 0 Å². The molecule has 0 bridgehead atoms. The number of pyridine rings is 1. The van der Waals surface area contributed by atoms with E-state index in [0.717, 1.165) is 0 Å². The van der Waals surface area contributed by atoms with Crippen LogP contribution in [-0.2, 0) is 14.4 Å². The molecule has 0 N–H and O–H groups in total. The molecule has 0 radical (unpaired) electrons. The van der Waals surface area contributed by atoms with Crippen LogP contribution in [0.4, 0.5) is 0 Å². The summed E-state index contributed by atoms with van der Waals surface area (Å²) in [6.07, 6.45) is 3.00. The molecule has 1 aliphatic rings. The summed E-state index contributed by atoms with van der Waals surface area (Å²) < 4.78 is 21.9. The van der Waals surface area contributed by atoms with E-state index < -0.39 is 5.97 Å². The molecule has 9 heteroatoms. The number of ether oxygens (including phenoxy) is 4. The highest BCUT2D eigenvalue weighted by atomic mass is 35.5. The number of aromatic nitrogens is 1. The Hall–Kier alpha value is -3.59. The van der Waals surface area contributed by atoms with E-state index in [-0.39, 0.29) is 0 Å². The second-order valence-corrected chi connectivity index (χ2v) is 7.95. The maximum atomic E-state index is 12.8. The van der Waals surface area contributed by atoms with E-state index in [0.29, 0.717) is 71.2 Å². The molecule has 2 heterocycles. The molecule has 1 aliphatic heterocycles. The molecule has 0 spiro atoms. The van der Waals surface area contributed by atoms with Crippen LogP contribution in [0.15, 0.2) is 66.9 Å². The first-order valence-corrected chi connectivity index (χ1v) is 11.3. The molecule has 2 aromatic carbocycles. The molecule has 0 atom stereocenters. The molecular formula is C26H25ClN2O6. The molecule has 182 valence electrons. The number of hydrogen-bond donors (Lipinski definition) is 0. The van der Waals surface area contributed by atoms with Crippen molar-refractivity contribution in [2.75, 3.05) is 40.5 Å². The van der Waals surface area contributed by atoms with Gasteiger partial charge in [0.05, 0.1) is 52.4 Å². The van der Waals surface area contributed by atoms with Gasteiger partial charge in [0.1, 0.15) is 11.5 Å². The van der Waals surface area contributed by atoms with Crippen LogP contribution in [0.25, 0.3) is 5.57 Å². The molecule has 35 heavy (non-hydrogen) atoms. The van der Waals surface area contributed by atoms with Crippen LogP contribution in [0.5, 0.6) is 23.0 Å². The zero-order valence-corrected chi connectivity index (χ0v) is 20.2. The topological polar surface area (TPSA) is 79.4 Å². The van der Waals surface area contributed by atoms with Gasteiger partial charge in [-0.25, -0.2) is 4.79 Å². The zero-order valence-electron chi connectivity index (χ0n) is 19.4. The molecule has 0 unspecified atom stereocenters. The Labute approximate surface area is 208 Å². The van der Waals surface area contributed by atoms with E-state index in [4.69, 9.17) is 35.4 Å². The number of morpholine rings is 1. The van der Waals surface area contributed by atoms with E-state index in [1.54, 1.807) is 74.0 Å². The monoisotopic (exact) mass is 496 g/mol. The lowest BCUT2D eigenvalue weighted by Crippen LogP contribution is -2.37. The second-order valence-electron chi connectivity index (χ2n) is 7.51. The van der Waals surface area contributed by atoms with Crippen molar-refractivity contribution in [3.8, 4) is 23.0 Å². The molecule has 3 aromatic rings. The van der Waals surface area contributed by atoms with Crippen LogP contribution in [0.1, 0.15) is 11.3 Å². The van der Waals surface area contributed by atoms with Crippen molar-refractivity contribution in [3.63, 3.8) is 0 Å². The lowest BCUT2D eigenvalue weighted by atomic mass is 10.0. The minimum Gasteiger partial charge on any atom is -0.493 e. The van der Waals surface area contributed by atoms with Crippen LogP contribution in [0, 0.1) is 0 Å². The van der Waals surface area contributed by atoms with E-state index >= 15 is 0 Å². The number of nitrogens with zero attached hydrogens (tertiary/aromatic N) is 2. The number of hydrogen-bond acceptors (Lipinski definition) is 8. The summed E-state index contributed by atoms with van der Waals surface area (Å²) in [5.41, 5.74) is 1.82. The highest BCUT2D eigenvalue weighted by Crippen LogP contribution is 2.33. The fourth-order valence-corrected chi connectivity index (χ4v) is 3.58. The fourth-order valence-electron chi connectivity index (χ4n) is 3.46. The first kappa shape index (κ1) is 24.5. The number of halogens is 1. The summed E-state index contributed by atoms with van der Waals surface area (Å²) >= 11 is 5.93. The third-order valence-electron chi connectivity index (χ3n) is 5.21. The van der Waals surface area contributed by atoms with Gasteiger partial charge >= 0.3 is 5.97 Å². The fraction of sp³-hybridized carbons (Fsp3) is 0.231. The van der Waals surface area contributed by atoms with Gasteiger partial charge in [-0.3, -0.25) is 4.98 Å². The number of carbonyl (C=O) groups excluding carboxylic acids is 1. The highest BCUT2D eigenvalue weighted by Gasteiger charge is 2.17. The molecule has 0 saturated carbocycles. The largest absolute Gasteiger partial charge is 0.493 e. The second kappa shape index (κ2) is 11.7. The van der Waals surface area contributed by atoms with Crippen LogP contribution >= 0.6 is 11.6 Å². The van der Waals surface area contributed by atoms with Crippen LogP contribution in [-0.4, -0.2) is 56.5 Å². The maximum Gasteiger partial charge on any atom is 0.350 e. The molecule has 1 fully saturated rings. The smallest absolute Gasteiger partial charge is 0.350 e. The predicted molar refractivity (Wildman–Crippen MR) is 131 cm³/mol. The molecule has 8 nitrogen and oxygen atoms in total. The van der Waals surface area contributed by atoms with Gasteiger partial charge in [-0.1, -0.05) is 17.7 Å². The van der Waals surface area contributed by atoms with Crippen LogP contribution in [0.2, 0.25) is 5.02 Å². The van der Waals surface area contributed by atoms with Gasteiger partial charge in [-0.15, -0.1) is 5.06 Å². The summed E-state index contributed by atoms with van der Waals surface area (Å²) in [5, 5.41) is 2.21. The van der Waals surface area contributed by atoms with E-state index in [1.807, 2.05) is 6.07 Å². The van der Waals surface area contributed by atoms with Crippen molar-refractivity contribution in [2.45, 2.75) is 0 Å². The molecule has 1 saturated heterocycles. The summed E-state index contributed by atoms with van der Waals surface area (Å²) in [6.45, 7) is 2.05. The van der Waals surface area contributed by atoms with Gasteiger partial charge in [0.15, 0.2) is 11.5 Å². The van der Waals surface area contributed by atoms with Gasteiger partial charge in [-0.05, 0) is 54.1 Å². The number of benzene rings is 2. The van der Waals surface area contributed by atoms with Crippen LogP contribution in [0.3, 0.4) is 0 Å². The Morgan fingerprint density at radius 3 is 2.34 bits per heavy atom. The summed E-state index contributed by atoms with van der Waals surface area (Å²) in [7, 11) is 3.12. The number of methoxy groups -OCH3 is 2. The van der Waals surface area contributed by atoms with Crippen molar-refractivity contribution in [1.82, 2.24) is 10.0 Å². The SMILES string of the molecule is COc1ccc(C(=CC(=O)ON2CCOCC2)c2ccc(Oc3ccc(Cl)cc3)cn2)cc1OC. The van der Waals surface area contributed by atoms with E-state index in [2.05, 4.69) is 4.98 Å². The third kappa shape index (κ3) is 6.51. The molecule has 0 aliphatic carbocycles. The standard InChI is InChI=1S/C26H25ClN2O6/c1-31-24-10-3-18(15-25(24)32-2)22(16-26(30)35-29-11-13-33-14-12-29)23-9-8-21(17-28-23)34-20-6-4-19(27)5-7-20/h3-10,15-17H,11-14H2,1-2H3. The zero-order chi connectivity index (χ0) is 24.6.